The summed E-state index contributed by atoms with van der Waals surface area (Å²) in [4.78, 5) is 10.4. The van der Waals surface area contributed by atoms with Crippen molar-refractivity contribution in [3.8, 4) is 0 Å². The van der Waals surface area contributed by atoms with Gasteiger partial charge in [0.2, 0.25) is 0 Å². The molecule has 0 spiro atoms. The van der Waals surface area contributed by atoms with Crippen LogP contribution in [0.3, 0.4) is 0 Å². The quantitative estimate of drug-likeness (QED) is 0.532. The van der Waals surface area contributed by atoms with Gasteiger partial charge in [0.05, 0.1) is 0 Å². The second kappa shape index (κ2) is 2.23. The van der Waals surface area contributed by atoms with Crippen molar-refractivity contribution in [2.24, 2.45) is 0 Å². The van der Waals surface area contributed by atoms with Crippen molar-refractivity contribution in [1.82, 2.24) is 0 Å². The number of carbonyl (C=O) groups is 1. The normalized spacial score (nSPS) is 37.2. The monoisotopic (exact) mass is 158 g/mol. The van der Waals surface area contributed by atoms with E-state index in [0.29, 0.717) is 6.29 Å². The van der Waals surface area contributed by atoms with Crippen LogP contribution in [0.2, 0.25) is 0 Å². The Morgan fingerprint density at radius 2 is 2.27 bits per heavy atom. The van der Waals surface area contributed by atoms with Crippen LogP contribution in [0.4, 0.5) is 0 Å². The molecule has 0 saturated heterocycles. The van der Waals surface area contributed by atoms with Gasteiger partial charge in [-0.2, -0.15) is 0 Å². The smallest absolute Gasteiger partial charge is 0.193 e. The van der Waals surface area contributed by atoms with E-state index in [0.717, 1.165) is 0 Å². The molecule has 1 rings (SSSR count). The molecule has 11 heavy (non-hydrogen) atoms. The zero-order valence-corrected chi connectivity index (χ0v) is 6.37. The minimum absolute atomic E-state index is 0.201. The Hall–Kier alpha value is -1.03. The van der Waals surface area contributed by atoms with Gasteiger partial charge in [-0.05, 0) is 13.8 Å². The van der Waals surface area contributed by atoms with E-state index < -0.39 is 11.7 Å². The number of allylic oxidation sites excluding steroid dienone is 1. The first-order chi connectivity index (χ1) is 5.01. The SMILES string of the molecule is CC1=C(O)C(O)C(C)(C=O)O1. The average Bonchev–Trinajstić information content (AvgIpc) is 2.17. The lowest BCUT2D eigenvalue weighted by molar-refractivity contribution is -0.130. The summed E-state index contributed by atoms with van der Waals surface area (Å²) in [6, 6.07) is 0. The molecule has 1 heterocycles. The first-order valence-electron chi connectivity index (χ1n) is 3.24. The average molecular weight is 158 g/mol. The molecule has 2 atom stereocenters. The van der Waals surface area contributed by atoms with E-state index in [1.54, 1.807) is 0 Å². The van der Waals surface area contributed by atoms with Crippen molar-refractivity contribution in [3.05, 3.63) is 11.5 Å². The maximum absolute atomic E-state index is 10.4. The number of ether oxygens (including phenoxy) is 1. The molecule has 4 nitrogen and oxygen atoms in total. The molecule has 1 aliphatic rings. The third-order valence-electron chi connectivity index (χ3n) is 1.77. The lowest BCUT2D eigenvalue weighted by Gasteiger charge is -2.20. The maximum Gasteiger partial charge on any atom is 0.193 e. The number of rotatable bonds is 1. The molecule has 1 aliphatic heterocycles. The molecule has 2 N–H and O–H groups in total. The Balaban J connectivity index is 2.94. The van der Waals surface area contributed by atoms with Gasteiger partial charge in [-0.3, -0.25) is 4.79 Å². The molecule has 2 unspecified atom stereocenters. The number of carbonyl (C=O) groups excluding carboxylic acids is 1. The topological polar surface area (TPSA) is 66.8 Å². The summed E-state index contributed by atoms with van der Waals surface area (Å²) in [7, 11) is 0. The van der Waals surface area contributed by atoms with E-state index in [4.69, 9.17) is 9.84 Å². The molecule has 0 radical (unpaired) electrons. The number of hydrogen-bond donors (Lipinski definition) is 2. The highest BCUT2D eigenvalue weighted by Crippen LogP contribution is 2.30. The lowest BCUT2D eigenvalue weighted by Crippen LogP contribution is -2.39. The van der Waals surface area contributed by atoms with Crippen molar-refractivity contribution in [1.29, 1.82) is 0 Å². The molecular formula is C7H10O4. The lowest BCUT2D eigenvalue weighted by atomic mass is 10.0. The molecule has 4 heteroatoms. The molecule has 0 aromatic carbocycles. The number of aliphatic hydroxyl groups excluding tert-OH is 2. The summed E-state index contributed by atoms with van der Waals surface area (Å²) >= 11 is 0. The predicted molar refractivity (Wildman–Crippen MR) is 36.9 cm³/mol. The third-order valence-corrected chi connectivity index (χ3v) is 1.77. The number of aliphatic hydroxyl groups is 2. The van der Waals surface area contributed by atoms with Gasteiger partial charge in [0, 0.05) is 0 Å². The van der Waals surface area contributed by atoms with E-state index in [9.17, 15) is 9.90 Å². The minimum atomic E-state index is -1.31. The second-order valence-electron chi connectivity index (χ2n) is 2.75. The molecular weight excluding hydrogens is 148 g/mol. The molecule has 0 aromatic rings. The zero-order valence-electron chi connectivity index (χ0n) is 6.37. The Bertz CT molecular complexity index is 220. The Morgan fingerprint density at radius 1 is 1.73 bits per heavy atom. The number of aldehydes is 1. The fourth-order valence-corrected chi connectivity index (χ4v) is 0.990. The summed E-state index contributed by atoms with van der Waals surface area (Å²) in [5.74, 6) is -0.0632. The van der Waals surface area contributed by atoms with Crippen molar-refractivity contribution in [3.63, 3.8) is 0 Å². The fraction of sp³-hybridized carbons (Fsp3) is 0.571. The van der Waals surface area contributed by atoms with Crippen LogP contribution < -0.4 is 0 Å². The summed E-state index contributed by atoms with van der Waals surface area (Å²) in [5, 5.41) is 18.3. The highest BCUT2D eigenvalue weighted by Gasteiger charge is 2.44. The molecule has 62 valence electrons. The van der Waals surface area contributed by atoms with Crippen LogP contribution >= 0.6 is 0 Å². The minimum Gasteiger partial charge on any atom is -0.506 e. The molecule has 0 bridgehead atoms. The first-order valence-corrected chi connectivity index (χ1v) is 3.24. The van der Waals surface area contributed by atoms with E-state index in [1.165, 1.54) is 13.8 Å². The van der Waals surface area contributed by atoms with Gasteiger partial charge in [-0.15, -0.1) is 0 Å². The van der Waals surface area contributed by atoms with E-state index >= 15 is 0 Å². The third kappa shape index (κ3) is 0.991. The van der Waals surface area contributed by atoms with E-state index in [-0.39, 0.29) is 11.5 Å². The predicted octanol–water partition coefficient (Wildman–Crippen LogP) is 0.125. The maximum atomic E-state index is 10.4. The standard InChI is InChI=1S/C7H10O4/c1-4-5(9)6(10)7(2,3-8)11-4/h3,6,9-10H,1-2H3. The Kier molecular flexibility index (Phi) is 1.64. The molecule has 0 aromatic heterocycles. The molecule has 0 aliphatic carbocycles. The van der Waals surface area contributed by atoms with Crippen molar-refractivity contribution in [2.75, 3.05) is 0 Å². The van der Waals surface area contributed by atoms with Gasteiger partial charge in [0.15, 0.2) is 23.8 Å². The van der Waals surface area contributed by atoms with Crippen LogP contribution in [-0.2, 0) is 9.53 Å². The largest absolute Gasteiger partial charge is 0.506 e. The van der Waals surface area contributed by atoms with Crippen LogP contribution in [0.1, 0.15) is 13.8 Å². The Morgan fingerprint density at radius 3 is 2.45 bits per heavy atom. The second-order valence-corrected chi connectivity index (χ2v) is 2.75. The van der Waals surface area contributed by atoms with Crippen LogP contribution in [0, 0.1) is 0 Å². The molecule has 0 fully saturated rings. The summed E-state index contributed by atoms with van der Waals surface area (Å²) in [6.07, 6.45) is -0.760. The van der Waals surface area contributed by atoms with Crippen molar-refractivity contribution in [2.45, 2.75) is 25.6 Å². The summed E-state index contributed by atoms with van der Waals surface area (Å²) < 4.78 is 4.93. The zero-order chi connectivity index (χ0) is 8.65. The van der Waals surface area contributed by atoms with Gasteiger partial charge in [0.25, 0.3) is 0 Å². The van der Waals surface area contributed by atoms with E-state index in [1.807, 2.05) is 0 Å². The van der Waals surface area contributed by atoms with Gasteiger partial charge in [-0.25, -0.2) is 0 Å². The fourth-order valence-electron chi connectivity index (χ4n) is 0.990. The van der Waals surface area contributed by atoms with Crippen LogP contribution in [0.5, 0.6) is 0 Å². The molecule has 0 saturated carbocycles. The van der Waals surface area contributed by atoms with Crippen LogP contribution in [0.15, 0.2) is 11.5 Å². The van der Waals surface area contributed by atoms with Crippen molar-refractivity contribution < 1.29 is 19.7 Å². The van der Waals surface area contributed by atoms with Gasteiger partial charge < -0.3 is 14.9 Å². The molecule has 0 amide bonds. The van der Waals surface area contributed by atoms with Crippen LogP contribution in [0.25, 0.3) is 0 Å². The van der Waals surface area contributed by atoms with E-state index in [2.05, 4.69) is 0 Å². The summed E-state index contributed by atoms with van der Waals surface area (Å²) in [5.41, 5.74) is -1.31. The van der Waals surface area contributed by atoms with Crippen molar-refractivity contribution >= 4 is 6.29 Å². The van der Waals surface area contributed by atoms with Gasteiger partial charge in [0.1, 0.15) is 5.76 Å². The van der Waals surface area contributed by atoms with Crippen LogP contribution in [-0.4, -0.2) is 28.2 Å². The highest BCUT2D eigenvalue weighted by molar-refractivity contribution is 5.65. The first kappa shape index (κ1) is 8.07. The number of hydrogen-bond acceptors (Lipinski definition) is 4. The Labute approximate surface area is 64.1 Å². The summed E-state index contributed by atoms with van der Waals surface area (Å²) in [6.45, 7) is 2.91. The van der Waals surface area contributed by atoms with Gasteiger partial charge in [-0.1, -0.05) is 0 Å². The van der Waals surface area contributed by atoms with Gasteiger partial charge >= 0.3 is 0 Å². The highest BCUT2D eigenvalue weighted by atomic mass is 16.5.